The SMILES string of the molecule is C=C/C=C\C(=N)c1ccc(N(c2ccc(/C(C=N)=C/C=C)cc2)c2ccc3c(c2)c2ccc(Nc4ccccc4)c(C=C)c2n3-c2ccccc2)cc1. The van der Waals surface area contributed by atoms with Gasteiger partial charge in [-0.2, -0.15) is 0 Å². The molecule has 1 heterocycles. The third-order valence-electron chi connectivity index (χ3n) is 9.23. The molecule has 0 saturated heterocycles. The van der Waals surface area contributed by atoms with Crippen LogP contribution in [0.2, 0.25) is 0 Å². The molecule has 53 heavy (non-hydrogen) atoms. The first-order valence-electron chi connectivity index (χ1n) is 17.4. The van der Waals surface area contributed by atoms with Crippen LogP contribution < -0.4 is 10.2 Å². The van der Waals surface area contributed by atoms with Crippen molar-refractivity contribution >= 4 is 73.8 Å². The van der Waals surface area contributed by atoms with Crippen molar-refractivity contribution in [2.24, 2.45) is 0 Å². The minimum absolute atomic E-state index is 0.412. The van der Waals surface area contributed by atoms with Crippen LogP contribution >= 0.6 is 0 Å². The molecule has 0 fully saturated rings. The molecule has 0 aliphatic heterocycles. The fourth-order valence-electron chi connectivity index (χ4n) is 6.75. The molecule has 7 aromatic rings. The van der Waals surface area contributed by atoms with Gasteiger partial charge < -0.3 is 25.6 Å². The molecule has 6 aromatic carbocycles. The quantitative estimate of drug-likeness (QED) is 0.0835. The lowest BCUT2D eigenvalue weighted by molar-refractivity contribution is 1.18. The van der Waals surface area contributed by atoms with Crippen LogP contribution in [0, 0.1) is 10.8 Å². The Hall–Kier alpha value is -7.24. The number of hydrogen-bond acceptors (Lipinski definition) is 4. The van der Waals surface area contributed by atoms with Crippen LogP contribution in [0.15, 0.2) is 190 Å². The molecule has 0 radical (unpaired) electrons. The van der Waals surface area contributed by atoms with E-state index in [-0.39, 0.29) is 0 Å². The molecular formula is C48H39N5. The summed E-state index contributed by atoms with van der Waals surface area (Å²) in [6, 6.07) is 47.8. The molecule has 7 rings (SSSR count). The van der Waals surface area contributed by atoms with E-state index in [0.717, 1.165) is 78.2 Å². The first-order chi connectivity index (χ1) is 26.0. The molecule has 5 heteroatoms. The highest BCUT2D eigenvalue weighted by Crippen LogP contribution is 2.42. The van der Waals surface area contributed by atoms with Gasteiger partial charge in [-0.15, -0.1) is 0 Å². The van der Waals surface area contributed by atoms with Crippen LogP contribution in [0.1, 0.15) is 16.7 Å². The van der Waals surface area contributed by atoms with Crippen LogP contribution in [-0.4, -0.2) is 16.5 Å². The van der Waals surface area contributed by atoms with Crippen molar-refractivity contribution in [3.63, 3.8) is 0 Å². The van der Waals surface area contributed by atoms with Gasteiger partial charge in [0.15, 0.2) is 0 Å². The van der Waals surface area contributed by atoms with Crippen molar-refractivity contribution in [3.05, 3.63) is 206 Å². The molecule has 1 aromatic heterocycles. The van der Waals surface area contributed by atoms with E-state index in [4.69, 9.17) is 10.8 Å². The molecule has 0 saturated carbocycles. The third-order valence-corrected chi connectivity index (χ3v) is 9.23. The number of nitrogens with one attached hydrogen (secondary N) is 3. The molecule has 0 amide bonds. The van der Waals surface area contributed by atoms with Gasteiger partial charge in [-0.3, -0.25) is 0 Å². The Morgan fingerprint density at radius 1 is 0.660 bits per heavy atom. The normalized spacial score (nSPS) is 11.4. The smallest absolute Gasteiger partial charge is 0.0634 e. The fraction of sp³-hybridized carbons (Fsp3) is 0. The number of anilines is 5. The number of rotatable bonds is 13. The molecule has 256 valence electrons. The number of fused-ring (bicyclic) bond motifs is 3. The molecule has 5 nitrogen and oxygen atoms in total. The Kier molecular flexibility index (Phi) is 9.90. The Bertz CT molecular complexity index is 2540. The van der Waals surface area contributed by atoms with E-state index < -0.39 is 0 Å². The van der Waals surface area contributed by atoms with Gasteiger partial charge in [0.05, 0.1) is 16.7 Å². The Morgan fingerprint density at radius 3 is 1.92 bits per heavy atom. The van der Waals surface area contributed by atoms with E-state index in [1.807, 2.05) is 60.7 Å². The van der Waals surface area contributed by atoms with Gasteiger partial charge in [0, 0.05) is 56.7 Å². The summed E-state index contributed by atoms with van der Waals surface area (Å²) in [6.45, 7) is 11.8. The lowest BCUT2D eigenvalue weighted by Gasteiger charge is -2.26. The predicted molar refractivity (Wildman–Crippen MR) is 228 cm³/mol. The van der Waals surface area contributed by atoms with E-state index in [9.17, 15) is 0 Å². The summed E-state index contributed by atoms with van der Waals surface area (Å²) in [7, 11) is 0. The number of nitrogens with zero attached hydrogens (tertiary/aromatic N) is 2. The van der Waals surface area contributed by atoms with Gasteiger partial charge in [0.25, 0.3) is 0 Å². The maximum absolute atomic E-state index is 8.51. The number of benzene rings is 6. The second-order valence-corrected chi connectivity index (χ2v) is 12.4. The zero-order valence-electron chi connectivity index (χ0n) is 29.3. The first-order valence-corrected chi connectivity index (χ1v) is 17.4. The summed E-state index contributed by atoms with van der Waals surface area (Å²) >= 11 is 0. The van der Waals surface area contributed by atoms with Crippen molar-refractivity contribution in [1.29, 1.82) is 10.8 Å². The molecule has 0 aliphatic rings. The van der Waals surface area contributed by atoms with Crippen molar-refractivity contribution < 1.29 is 0 Å². The second-order valence-electron chi connectivity index (χ2n) is 12.4. The number of allylic oxidation sites excluding steroid dienone is 6. The molecule has 0 aliphatic carbocycles. The topological polar surface area (TPSA) is 67.9 Å². The van der Waals surface area contributed by atoms with Crippen molar-refractivity contribution in [3.8, 4) is 5.69 Å². The summed E-state index contributed by atoms with van der Waals surface area (Å²) in [6.07, 6.45) is 12.0. The van der Waals surface area contributed by atoms with Crippen LogP contribution in [0.3, 0.4) is 0 Å². The van der Waals surface area contributed by atoms with Gasteiger partial charge in [-0.1, -0.05) is 117 Å². The maximum atomic E-state index is 8.51. The molecular weight excluding hydrogens is 647 g/mol. The van der Waals surface area contributed by atoms with Gasteiger partial charge in [0.2, 0.25) is 0 Å². The molecule has 0 unspecified atom stereocenters. The lowest BCUT2D eigenvalue weighted by Crippen LogP contribution is -2.10. The lowest BCUT2D eigenvalue weighted by atomic mass is 10.0. The van der Waals surface area contributed by atoms with Crippen molar-refractivity contribution in [2.45, 2.75) is 0 Å². The summed E-state index contributed by atoms with van der Waals surface area (Å²) in [5.41, 5.74) is 12.0. The highest BCUT2D eigenvalue weighted by atomic mass is 15.1. The number of hydrogen-bond donors (Lipinski definition) is 3. The Balaban J connectivity index is 1.43. The average molecular weight is 686 g/mol. The zero-order valence-corrected chi connectivity index (χ0v) is 29.3. The summed E-state index contributed by atoms with van der Waals surface area (Å²) < 4.78 is 2.32. The molecule has 3 N–H and O–H groups in total. The largest absolute Gasteiger partial charge is 0.355 e. The monoisotopic (exact) mass is 685 g/mol. The van der Waals surface area contributed by atoms with E-state index in [2.05, 4.69) is 126 Å². The number of aromatic nitrogens is 1. The van der Waals surface area contributed by atoms with E-state index in [1.54, 1.807) is 24.3 Å². The highest BCUT2D eigenvalue weighted by Gasteiger charge is 2.20. The predicted octanol–water partition coefficient (Wildman–Crippen LogP) is 13.0. The number of para-hydroxylation sites is 2. The third kappa shape index (κ3) is 6.79. The summed E-state index contributed by atoms with van der Waals surface area (Å²) in [5.74, 6) is 0. The first kappa shape index (κ1) is 34.2. The van der Waals surface area contributed by atoms with Gasteiger partial charge in [-0.25, -0.2) is 0 Å². The Labute approximate surface area is 310 Å². The maximum Gasteiger partial charge on any atom is 0.0634 e. The van der Waals surface area contributed by atoms with E-state index >= 15 is 0 Å². The van der Waals surface area contributed by atoms with E-state index in [0.29, 0.717) is 5.71 Å². The van der Waals surface area contributed by atoms with Crippen molar-refractivity contribution in [2.75, 3.05) is 10.2 Å². The highest BCUT2D eigenvalue weighted by molar-refractivity contribution is 6.14. The van der Waals surface area contributed by atoms with Gasteiger partial charge >= 0.3 is 0 Å². The van der Waals surface area contributed by atoms with E-state index in [1.165, 1.54) is 6.21 Å². The van der Waals surface area contributed by atoms with Crippen LogP contribution in [0.4, 0.5) is 28.4 Å². The van der Waals surface area contributed by atoms with Gasteiger partial charge in [0.1, 0.15) is 0 Å². The second kappa shape index (κ2) is 15.3. The minimum Gasteiger partial charge on any atom is -0.355 e. The van der Waals surface area contributed by atoms with Crippen LogP contribution in [-0.2, 0) is 0 Å². The average Bonchev–Trinajstić information content (AvgIpc) is 3.54. The zero-order chi connectivity index (χ0) is 36.7. The summed E-state index contributed by atoms with van der Waals surface area (Å²) in [5, 5.41) is 22.3. The van der Waals surface area contributed by atoms with Gasteiger partial charge in [-0.05, 0) is 95.6 Å². The van der Waals surface area contributed by atoms with Crippen LogP contribution in [0.5, 0.6) is 0 Å². The molecule has 0 spiro atoms. The van der Waals surface area contributed by atoms with Crippen molar-refractivity contribution in [1.82, 2.24) is 4.57 Å². The molecule has 0 atom stereocenters. The fourth-order valence-corrected chi connectivity index (χ4v) is 6.75. The summed E-state index contributed by atoms with van der Waals surface area (Å²) in [4.78, 5) is 2.23. The minimum atomic E-state index is 0.412. The van der Waals surface area contributed by atoms with Crippen LogP contribution in [0.25, 0.3) is 39.1 Å². The Morgan fingerprint density at radius 2 is 1.30 bits per heavy atom. The standard InChI is InChI=1S/C48H39N5/c1-4-7-19-45(50)35-22-26-40(27-23-35)52(39-24-20-34(21-25-39)36(33-49)14-5-2)41-28-31-47-44(32-41)43-29-30-46(51-37-15-10-8-11-16-37)42(6-3)48(43)53(47)38-17-12-9-13-18-38/h4-33,49-51H,1-3H2/b19-7-,36-14+,49-33?,50-45?. The molecule has 0 bridgehead atoms.